The number of hydroxylamine groups is 1. The number of nitrogens with zero attached hydrogens (tertiary/aromatic N) is 2. The first-order valence-electron chi connectivity index (χ1n) is 11.2. The summed E-state index contributed by atoms with van der Waals surface area (Å²) < 4.78 is 5.24. The van der Waals surface area contributed by atoms with Crippen LogP contribution in [0.1, 0.15) is 54.6 Å². The van der Waals surface area contributed by atoms with Gasteiger partial charge in [0.15, 0.2) is 0 Å². The molecule has 0 saturated carbocycles. The van der Waals surface area contributed by atoms with E-state index in [2.05, 4.69) is 22.0 Å². The van der Waals surface area contributed by atoms with Gasteiger partial charge in [-0.05, 0) is 43.2 Å². The van der Waals surface area contributed by atoms with E-state index in [1.165, 1.54) is 0 Å². The molecule has 1 amide bonds. The summed E-state index contributed by atoms with van der Waals surface area (Å²) in [5.74, 6) is -0.942. The van der Waals surface area contributed by atoms with Crippen molar-refractivity contribution in [2.75, 3.05) is 18.5 Å². The molecule has 1 atom stereocenters. The number of carbonyl (C=O) groups is 2. The monoisotopic (exact) mass is 464 g/mol. The van der Waals surface area contributed by atoms with Gasteiger partial charge in [0.1, 0.15) is 0 Å². The maximum Gasteiger partial charge on any atom is 0.355 e. The molecule has 0 bridgehead atoms. The molecule has 2 aromatic carbocycles. The molecule has 9 nitrogen and oxygen atoms in total. The first-order chi connectivity index (χ1) is 16.5. The Hall–Kier alpha value is -3.90. The third kappa shape index (κ3) is 6.11. The van der Waals surface area contributed by atoms with Crippen molar-refractivity contribution in [3.05, 3.63) is 65.2 Å². The van der Waals surface area contributed by atoms with Crippen LogP contribution < -0.4 is 10.8 Å². The van der Waals surface area contributed by atoms with E-state index < -0.39 is 17.5 Å². The molecule has 2 N–H and O–H groups in total. The largest absolute Gasteiger partial charge is 0.463 e. The van der Waals surface area contributed by atoms with E-state index in [1.807, 2.05) is 6.92 Å². The third-order valence-corrected chi connectivity index (χ3v) is 5.25. The van der Waals surface area contributed by atoms with E-state index in [-0.39, 0.29) is 19.8 Å². The number of nitriles is 1. The van der Waals surface area contributed by atoms with E-state index in [9.17, 15) is 9.59 Å². The Kier molecular flexibility index (Phi) is 8.60. The van der Waals surface area contributed by atoms with Crippen LogP contribution in [0.25, 0.3) is 0 Å². The van der Waals surface area contributed by atoms with Crippen molar-refractivity contribution < 1.29 is 24.0 Å². The van der Waals surface area contributed by atoms with Crippen LogP contribution in [-0.4, -0.2) is 36.3 Å². The standard InChI is InChI=1S/C25H28N4O5/c1-3-7-20-14-25(34-28-20,24(31)32-4-2)17-27-22-9-6-5-8-21(22)23(30)29-33-16-19-12-10-18(15-26)11-13-19/h5-6,8-13,27H,3-4,7,14,16-17H2,1-2H3,(H,29,30). The van der Waals surface area contributed by atoms with Gasteiger partial charge in [-0.15, -0.1) is 0 Å². The van der Waals surface area contributed by atoms with Gasteiger partial charge < -0.3 is 14.9 Å². The van der Waals surface area contributed by atoms with Crippen molar-refractivity contribution >= 4 is 23.3 Å². The molecule has 0 saturated heterocycles. The molecule has 1 aliphatic rings. The SMILES string of the molecule is CCCC1=NOC(CNc2ccccc2C(=O)NOCc2ccc(C#N)cc2)(C(=O)OCC)C1. The number of ether oxygens (including phenoxy) is 1. The number of oxime groups is 1. The average Bonchev–Trinajstić information content (AvgIpc) is 3.28. The Morgan fingerprint density at radius 2 is 1.94 bits per heavy atom. The average molecular weight is 465 g/mol. The molecule has 0 aliphatic carbocycles. The van der Waals surface area contributed by atoms with E-state index in [0.717, 1.165) is 24.1 Å². The lowest BCUT2D eigenvalue weighted by Gasteiger charge is -2.25. The summed E-state index contributed by atoms with van der Waals surface area (Å²) in [5.41, 5.74) is 4.17. The maximum absolute atomic E-state index is 12.7. The minimum atomic E-state index is -1.28. The summed E-state index contributed by atoms with van der Waals surface area (Å²) in [4.78, 5) is 36.4. The van der Waals surface area contributed by atoms with Gasteiger partial charge in [0.2, 0.25) is 0 Å². The first-order valence-corrected chi connectivity index (χ1v) is 11.2. The molecule has 34 heavy (non-hydrogen) atoms. The smallest absolute Gasteiger partial charge is 0.355 e. The Morgan fingerprint density at radius 1 is 1.18 bits per heavy atom. The molecule has 2 aromatic rings. The third-order valence-electron chi connectivity index (χ3n) is 5.25. The number of carbonyl (C=O) groups excluding carboxylic acids is 2. The van der Waals surface area contributed by atoms with Crippen LogP contribution in [-0.2, 0) is 25.8 Å². The predicted octanol–water partition coefficient (Wildman–Crippen LogP) is 3.71. The van der Waals surface area contributed by atoms with Gasteiger partial charge in [-0.25, -0.2) is 10.3 Å². The van der Waals surface area contributed by atoms with Gasteiger partial charge >= 0.3 is 5.97 Å². The zero-order chi connectivity index (χ0) is 24.4. The van der Waals surface area contributed by atoms with Gasteiger partial charge in [0.25, 0.3) is 11.5 Å². The van der Waals surface area contributed by atoms with E-state index in [0.29, 0.717) is 23.2 Å². The zero-order valence-electron chi connectivity index (χ0n) is 19.3. The van der Waals surface area contributed by atoms with Crippen LogP contribution in [0.5, 0.6) is 0 Å². The minimum absolute atomic E-state index is 0.0823. The number of benzene rings is 2. The highest BCUT2D eigenvalue weighted by Gasteiger charge is 2.47. The summed E-state index contributed by atoms with van der Waals surface area (Å²) in [5, 5.41) is 16.1. The lowest BCUT2D eigenvalue weighted by atomic mass is 9.95. The summed E-state index contributed by atoms with van der Waals surface area (Å²) in [7, 11) is 0. The second-order valence-electron chi connectivity index (χ2n) is 7.82. The van der Waals surface area contributed by atoms with E-state index in [1.54, 1.807) is 55.5 Å². The molecule has 0 spiro atoms. The number of nitrogens with one attached hydrogen (secondary N) is 2. The maximum atomic E-state index is 12.7. The van der Waals surface area contributed by atoms with Crippen molar-refractivity contribution in [2.24, 2.45) is 5.16 Å². The van der Waals surface area contributed by atoms with Crippen molar-refractivity contribution in [2.45, 2.75) is 45.3 Å². The van der Waals surface area contributed by atoms with E-state index >= 15 is 0 Å². The highest BCUT2D eigenvalue weighted by atomic mass is 16.7. The molecule has 0 radical (unpaired) electrons. The summed E-state index contributed by atoms with van der Waals surface area (Å²) >= 11 is 0. The van der Waals surface area contributed by atoms with Crippen LogP contribution in [0.3, 0.4) is 0 Å². The molecular formula is C25H28N4O5. The number of hydrogen-bond acceptors (Lipinski definition) is 8. The van der Waals surface area contributed by atoms with Crippen LogP contribution in [0.2, 0.25) is 0 Å². The number of rotatable bonds is 11. The molecule has 0 aromatic heterocycles. The molecular weight excluding hydrogens is 436 g/mol. The van der Waals surface area contributed by atoms with Crippen molar-refractivity contribution in [3.63, 3.8) is 0 Å². The summed E-state index contributed by atoms with van der Waals surface area (Å²) in [6.45, 7) is 4.22. The van der Waals surface area contributed by atoms with Crippen LogP contribution in [0.15, 0.2) is 53.7 Å². The lowest BCUT2D eigenvalue weighted by molar-refractivity contribution is -0.167. The first kappa shape index (κ1) is 24.7. The minimum Gasteiger partial charge on any atom is -0.463 e. The van der Waals surface area contributed by atoms with Crippen molar-refractivity contribution in [1.29, 1.82) is 5.26 Å². The fourth-order valence-electron chi connectivity index (χ4n) is 3.50. The number of esters is 1. The fourth-order valence-corrected chi connectivity index (χ4v) is 3.50. The number of anilines is 1. The van der Waals surface area contributed by atoms with Gasteiger partial charge in [0.05, 0.1) is 42.7 Å². The molecule has 1 aliphatic heterocycles. The van der Waals surface area contributed by atoms with Crippen LogP contribution >= 0.6 is 0 Å². The van der Waals surface area contributed by atoms with Gasteiger partial charge in [-0.3, -0.25) is 9.63 Å². The molecule has 178 valence electrons. The topological polar surface area (TPSA) is 122 Å². The van der Waals surface area contributed by atoms with Crippen molar-refractivity contribution in [1.82, 2.24) is 5.48 Å². The quantitative estimate of drug-likeness (QED) is 0.384. The number of amides is 1. The lowest BCUT2D eigenvalue weighted by Crippen LogP contribution is -2.46. The highest BCUT2D eigenvalue weighted by molar-refractivity contribution is 5.99. The number of hydrogen-bond donors (Lipinski definition) is 2. The Labute approximate surface area is 198 Å². The van der Waals surface area contributed by atoms with Gasteiger partial charge in [0, 0.05) is 12.1 Å². The molecule has 9 heteroatoms. The predicted molar refractivity (Wildman–Crippen MR) is 126 cm³/mol. The van der Waals surface area contributed by atoms with Gasteiger partial charge in [-0.1, -0.05) is 42.8 Å². The summed E-state index contributed by atoms with van der Waals surface area (Å²) in [6, 6.07) is 15.8. The number of para-hydroxylation sites is 1. The molecule has 0 fully saturated rings. The van der Waals surface area contributed by atoms with Crippen LogP contribution in [0.4, 0.5) is 5.69 Å². The van der Waals surface area contributed by atoms with Gasteiger partial charge in [-0.2, -0.15) is 5.26 Å². The highest BCUT2D eigenvalue weighted by Crippen LogP contribution is 2.29. The van der Waals surface area contributed by atoms with Crippen LogP contribution in [0, 0.1) is 11.3 Å². The fraction of sp³-hybridized carbons (Fsp3) is 0.360. The molecule has 1 unspecified atom stereocenters. The Balaban J connectivity index is 1.63. The van der Waals surface area contributed by atoms with Crippen molar-refractivity contribution in [3.8, 4) is 6.07 Å². The Morgan fingerprint density at radius 3 is 2.65 bits per heavy atom. The summed E-state index contributed by atoms with van der Waals surface area (Å²) in [6.07, 6.45) is 1.95. The molecule has 3 rings (SSSR count). The van der Waals surface area contributed by atoms with E-state index in [4.69, 9.17) is 19.7 Å². The zero-order valence-corrected chi connectivity index (χ0v) is 19.3. The Bertz CT molecular complexity index is 1080. The molecule has 1 heterocycles. The second kappa shape index (κ2) is 11.8. The second-order valence-corrected chi connectivity index (χ2v) is 7.82. The normalized spacial score (nSPS) is 16.7.